The largest absolute Gasteiger partial charge is 0.493 e. The van der Waals surface area contributed by atoms with Crippen molar-refractivity contribution >= 4 is 5.82 Å². The minimum atomic E-state index is 0.178. The van der Waals surface area contributed by atoms with Crippen molar-refractivity contribution in [2.45, 2.75) is 0 Å². The molecule has 2 heterocycles. The number of nitrogens with one attached hydrogen (secondary N) is 1. The number of hydrogen-bond acceptors (Lipinski definition) is 7. The fourth-order valence-electron chi connectivity index (χ4n) is 1.92. The Morgan fingerprint density at radius 1 is 1.26 bits per heavy atom. The molecular formula is C12H12N4O3. The lowest BCUT2D eigenvalue weighted by Crippen LogP contribution is -2.10. The molecule has 3 N–H and O–H groups in total. The van der Waals surface area contributed by atoms with Gasteiger partial charge in [-0.2, -0.15) is 0 Å². The molecule has 1 aromatic heterocycles. The van der Waals surface area contributed by atoms with Gasteiger partial charge in [-0.15, -0.1) is 0 Å². The zero-order chi connectivity index (χ0) is 13.2. The van der Waals surface area contributed by atoms with Gasteiger partial charge in [0.1, 0.15) is 5.69 Å². The lowest BCUT2D eigenvalue weighted by Gasteiger charge is -2.10. The van der Waals surface area contributed by atoms with E-state index in [1.54, 1.807) is 25.6 Å². The summed E-state index contributed by atoms with van der Waals surface area (Å²) in [5.74, 6) is 7.70. The van der Waals surface area contributed by atoms with Gasteiger partial charge in [-0.1, -0.05) is 0 Å². The number of ether oxygens (including phenoxy) is 3. The van der Waals surface area contributed by atoms with Crippen LogP contribution in [0.1, 0.15) is 0 Å². The van der Waals surface area contributed by atoms with Gasteiger partial charge in [-0.3, -0.25) is 4.98 Å². The molecule has 0 spiro atoms. The number of methoxy groups -OCH3 is 1. The first-order valence-electron chi connectivity index (χ1n) is 5.59. The molecule has 0 saturated heterocycles. The van der Waals surface area contributed by atoms with E-state index >= 15 is 0 Å². The SMILES string of the molecule is COc1cc(-c2nccnc2NN)cc2c1OCO2. The maximum Gasteiger partial charge on any atom is 0.231 e. The van der Waals surface area contributed by atoms with Crippen molar-refractivity contribution in [3.63, 3.8) is 0 Å². The van der Waals surface area contributed by atoms with Crippen LogP contribution in [0, 0.1) is 0 Å². The Bertz CT molecular complexity index is 618. The van der Waals surface area contributed by atoms with Gasteiger partial charge >= 0.3 is 0 Å². The van der Waals surface area contributed by atoms with E-state index in [4.69, 9.17) is 20.1 Å². The Morgan fingerprint density at radius 2 is 2.11 bits per heavy atom. The number of rotatable bonds is 3. The van der Waals surface area contributed by atoms with Crippen molar-refractivity contribution in [1.82, 2.24) is 9.97 Å². The minimum Gasteiger partial charge on any atom is -0.493 e. The van der Waals surface area contributed by atoms with Gasteiger partial charge in [-0.25, -0.2) is 10.8 Å². The molecule has 0 fully saturated rings. The molecule has 0 bridgehead atoms. The second-order valence-corrected chi connectivity index (χ2v) is 3.81. The highest BCUT2D eigenvalue weighted by Crippen LogP contribution is 2.44. The lowest BCUT2D eigenvalue weighted by atomic mass is 10.1. The molecule has 0 saturated carbocycles. The van der Waals surface area contributed by atoms with Crippen molar-refractivity contribution < 1.29 is 14.2 Å². The van der Waals surface area contributed by atoms with Crippen LogP contribution in [0.15, 0.2) is 24.5 Å². The molecule has 1 aromatic carbocycles. The fourth-order valence-corrected chi connectivity index (χ4v) is 1.92. The fraction of sp³-hybridized carbons (Fsp3) is 0.167. The molecule has 98 valence electrons. The summed E-state index contributed by atoms with van der Waals surface area (Å²) in [6.07, 6.45) is 3.15. The number of nitrogens with zero attached hydrogens (tertiary/aromatic N) is 2. The number of fused-ring (bicyclic) bond motifs is 1. The zero-order valence-electron chi connectivity index (χ0n) is 10.2. The molecule has 0 atom stereocenters. The summed E-state index contributed by atoms with van der Waals surface area (Å²) in [7, 11) is 1.57. The second-order valence-electron chi connectivity index (χ2n) is 3.81. The highest BCUT2D eigenvalue weighted by atomic mass is 16.7. The van der Waals surface area contributed by atoms with Gasteiger partial charge in [0.2, 0.25) is 12.5 Å². The maximum atomic E-state index is 5.43. The van der Waals surface area contributed by atoms with Crippen LogP contribution in [0.4, 0.5) is 5.82 Å². The van der Waals surface area contributed by atoms with Crippen molar-refractivity contribution in [3.05, 3.63) is 24.5 Å². The van der Waals surface area contributed by atoms with E-state index in [1.165, 1.54) is 0 Å². The van der Waals surface area contributed by atoms with Crippen molar-refractivity contribution in [3.8, 4) is 28.5 Å². The van der Waals surface area contributed by atoms with Gasteiger partial charge < -0.3 is 19.6 Å². The normalized spacial score (nSPS) is 12.3. The van der Waals surface area contributed by atoms with E-state index in [1.807, 2.05) is 6.07 Å². The molecule has 0 amide bonds. The van der Waals surface area contributed by atoms with Crippen molar-refractivity contribution in [2.24, 2.45) is 5.84 Å². The molecule has 0 unspecified atom stereocenters. The Balaban J connectivity index is 2.15. The van der Waals surface area contributed by atoms with E-state index < -0.39 is 0 Å². The van der Waals surface area contributed by atoms with Crippen LogP contribution >= 0.6 is 0 Å². The standard InChI is InChI=1S/C12H12N4O3/c1-17-8-4-7(5-9-11(8)19-6-18-9)10-12(16-13)15-3-2-14-10/h2-5H,6,13H2,1H3,(H,15,16). The summed E-state index contributed by atoms with van der Waals surface area (Å²) in [6.45, 7) is 0.178. The summed E-state index contributed by atoms with van der Waals surface area (Å²) in [5, 5.41) is 0. The van der Waals surface area contributed by atoms with Crippen LogP contribution in [0.3, 0.4) is 0 Å². The highest BCUT2D eigenvalue weighted by molar-refractivity contribution is 5.75. The van der Waals surface area contributed by atoms with Gasteiger partial charge in [0.15, 0.2) is 17.3 Å². The molecule has 7 nitrogen and oxygen atoms in total. The number of benzene rings is 1. The van der Waals surface area contributed by atoms with E-state index in [9.17, 15) is 0 Å². The highest BCUT2D eigenvalue weighted by Gasteiger charge is 2.21. The third-order valence-corrected chi connectivity index (χ3v) is 2.77. The maximum absolute atomic E-state index is 5.43. The Hall–Kier alpha value is -2.54. The molecule has 1 aliphatic heterocycles. The van der Waals surface area contributed by atoms with E-state index in [0.29, 0.717) is 28.8 Å². The number of anilines is 1. The summed E-state index contributed by atoms with van der Waals surface area (Å²) in [4.78, 5) is 8.37. The summed E-state index contributed by atoms with van der Waals surface area (Å²) in [5.41, 5.74) is 3.91. The Labute approximate surface area is 109 Å². The monoisotopic (exact) mass is 260 g/mol. The lowest BCUT2D eigenvalue weighted by molar-refractivity contribution is 0.171. The van der Waals surface area contributed by atoms with Crippen molar-refractivity contribution in [1.29, 1.82) is 0 Å². The predicted octanol–water partition coefficient (Wildman–Crippen LogP) is 1.17. The molecule has 2 aromatic rings. The number of aromatic nitrogens is 2. The number of hydrazine groups is 1. The van der Waals surface area contributed by atoms with E-state index in [0.717, 1.165) is 5.56 Å². The molecule has 7 heteroatoms. The van der Waals surface area contributed by atoms with Crippen LogP contribution < -0.4 is 25.5 Å². The third kappa shape index (κ3) is 1.89. The van der Waals surface area contributed by atoms with Gasteiger partial charge in [-0.05, 0) is 12.1 Å². The van der Waals surface area contributed by atoms with E-state index in [2.05, 4.69) is 15.4 Å². The first-order valence-corrected chi connectivity index (χ1v) is 5.59. The summed E-state index contributed by atoms with van der Waals surface area (Å²) >= 11 is 0. The van der Waals surface area contributed by atoms with Crippen LogP contribution in [-0.4, -0.2) is 23.9 Å². The quantitative estimate of drug-likeness (QED) is 0.632. The van der Waals surface area contributed by atoms with Crippen LogP contribution in [0.2, 0.25) is 0 Å². The molecular weight excluding hydrogens is 248 g/mol. The first-order chi connectivity index (χ1) is 9.33. The van der Waals surface area contributed by atoms with Crippen molar-refractivity contribution in [2.75, 3.05) is 19.3 Å². The Kier molecular flexibility index (Phi) is 2.81. The third-order valence-electron chi connectivity index (χ3n) is 2.77. The topological polar surface area (TPSA) is 91.5 Å². The molecule has 19 heavy (non-hydrogen) atoms. The average molecular weight is 260 g/mol. The number of hydrogen-bond donors (Lipinski definition) is 2. The molecule has 0 aliphatic carbocycles. The second kappa shape index (κ2) is 4.62. The smallest absolute Gasteiger partial charge is 0.231 e. The first kappa shape index (κ1) is 11.5. The molecule has 1 aliphatic rings. The molecule has 3 rings (SSSR count). The van der Waals surface area contributed by atoms with Crippen LogP contribution in [0.5, 0.6) is 17.2 Å². The zero-order valence-corrected chi connectivity index (χ0v) is 10.2. The number of nitrogen functional groups attached to an aromatic ring is 1. The van der Waals surface area contributed by atoms with E-state index in [-0.39, 0.29) is 6.79 Å². The van der Waals surface area contributed by atoms with Gasteiger partial charge in [0, 0.05) is 18.0 Å². The average Bonchev–Trinajstić information content (AvgIpc) is 2.94. The van der Waals surface area contributed by atoms with Crippen LogP contribution in [-0.2, 0) is 0 Å². The van der Waals surface area contributed by atoms with Gasteiger partial charge in [0.05, 0.1) is 7.11 Å². The molecule has 0 radical (unpaired) electrons. The Morgan fingerprint density at radius 3 is 2.89 bits per heavy atom. The number of nitrogens with two attached hydrogens (primary N) is 1. The predicted molar refractivity (Wildman–Crippen MR) is 68.0 cm³/mol. The summed E-state index contributed by atoms with van der Waals surface area (Å²) in [6, 6.07) is 3.62. The van der Waals surface area contributed by atoms with Crippen LogP contribution in [0.25, 0.3) is 11.3 Å². The van der Waals surface area contributed by atoms with Gasteiger partial charge in [0.25, 0.3) is 0 Å². The minimum absolute atomic E-state index is 0.178. The summed E-state index contributed by atoms with van der Waals surface area (Å²) < 4.78 is 16.0.